The zero-order valence-corrected chi connectivity index (χ0v) is 12.9. The number of nitrogens with zero attached hydrogens (tertiary/aromatic N) is 2. The van der Waals surface area contributed by atoms with Gasteiger partial charge in [-0.15, -0.1) is 0 Å². The number of nitriles is 1. The first-order chi connectivity index (χ1) is 8.95. The number of likely N-dealkylation sites (tertiary alicyclic amines) is 1. The van der Waals surface area contributed by atoms with E-state index in [-0.39, 0.29) is 5.54 Å². The van der Waals surface area contributed by atoms with Crippen LogP contribution in [-0.4, -0.2) is 36.1 Å². The van der Waals surface area contributed by atoms with E-state index < -0.39 is 0 Å². The molecule has 0 aromatic rings. The van der Waals surface area contributed by atoms with Gasteiger partial charge in [0.2, 0.25) is 0 Å². The Labute approximate surface area is 118 Å². The molecule has 1 saturated heterocycles. The minimum atomic E-state index is -0.315. The second-order valence-corrected chi connectivity index (χ2v) is 7.30. The fraction of sp³-hybridized carbons (Fsp3) is 0.938. The van der Waals surface area contributed by atoms with E-state index in [0.717, 1.165) is 31.5 Å². The van der Waals surface area contributed by atoms with Crippen molar-refractivity contribution in [3.63, 3.8) is 0 Å². The van der Waals surface area contributed by atoms with Gasteiger partial charge in [-0.25, -0.2) is 0 Å². The van der Waals surface area contributed by atoms with Crippen LogP contribution in [0.15, 0.2) is 0 Å². The summed E-state index contributed by atoms with van der Waals surface area (Å²) in [6.07, 6.45) is 3.76. The molecule has 1 aliphatic carbocycles. The minimum Gasteiger partial charge on any atom is -0.300 e. The first-order valence-electron chi connectivity index (χ1n) is 7.86. The standard InChI is InChI=1S/C16H29N3/c1-12(2)18-16(10-17,15-5-6-15)11-19-8-13(3)7-14(4)9-19/h12-15,18H,5-9,11H2,1-4H3. The molecule has 3 nitrogen and oxygen atoms in total. The van der Waals surface area contributed by atoms with Crippen LogP contribution in [0, 0.1) is 29.1 Å². The molecule has 1 N–H and O–H groups in total. The Kier molecular flexibility index (Phi) is 4.53. The van der Waals surface area contributed by atoms with Crippen molar-refractivity contribution in [2.45, 2.75) is 58.5 Å². The summed E-state index contributed by atoms with van der Waals surface area (Å²) in [4.78, 5) is 2.52. The fourth-order valence-electron chi connectivity index (χ4n) is 3.82. The molecule has 2 fully saturated rings. The molecule has 3 heteroatoms. The van der Waals surface area contributed by atoms with Gasteiger partial charge in [-0.1, -0.05) is 13.8 Å². The zero-order chi connectivity index (χ0) is 14.0. The Morgan fingerprint density at radius 2 is 1.84 bits per heavy atom. The zero-order valence-electron chi connectivity index (χ0n) is 12.9. The summed E-state index contributed by atoms with van der Waals surface area (Å²) in [5.74, 6) is 2.09. The van der Waals surface area contributed by atoms with Gasteiger partial charge >= 0.3 is 0 Å². The average Bonchev–Trinajstić information content (AvgIpc) is 3.09. The maximum Gasteiger partial charge on any atom is 0.122 e. The number of hydrogen-bond donors (Lipinski definition) is 1. The molecule has 3 atom stereocenters. The molecule has 108 valence electrons. The first-order valence-corrected chi connectivity index (χ1v) is 7.86. The van der Waals surface area contributed by atoms with Crippen LogP contribution in [0.5, 0.6) is 0 Å². The van der Waals surface area contributed by atoms with Gasteiger partial charge in [0.15, 0.2) is 0 Å². The van der Waals surface area contributed by atoms with Crippen molar-refractivity contribution in [3.05, 3.63) is 0 Å². The molecule has 1 aliphatic heterocycles. The van der Waals surface area contributed by atoms with Gasteiger partial charge in [0, 0.05) is 25.7 Å². The van der Waals surface area contributed by atoms with Gasteiger partial charge in [0.25, 0.3) is 0 Å². The number of rotatable bonds is 5. The van der Waals surface area contributed by atoms with Crippen molar-refractivity contribution >= 4 is 0 Å². The third-order valence-corrected chi connectivity index (χ3v) is 4.44. The Hall–Kier alpha value is -0.590. The van der Waals surface area contributed by atoms with Gasteiger partial charge in [0.05, 0.1) is 6.07 Å². The predicted molar refractivity (Wildman–Crippen MR) is 78.7 cm³/mol. The third kappa shape index (κ3) is 3.70. The lowest BCUT2D eigenvalue weighted by Gasteiger charge is -2.41. The highest BCUT2D eigenvalue weighted by atomic mass is 15.2. The van der Waals surface area contributed by atoms with Crippen LogP contribution >= 0.6 is 0 Å². The molecule has 0 bridgehead atoms. The largest absolute Gasteiger partial charge is 0.300 e. The smallest absolute Gasteiger partial charge is 0.122 e. The first kappa shape index (κ1) is 14.8. The summed E-state index contributed by atoms with van der Waals surface area (Å²) < 4.78 is 0. The second kappa shape index (κ2) is 5.81. The SMILES string of the molecule is CC1CC(C)CN(CC(C#N)(NC(C)C)C2CC2)C1. The number of hydrogen-bond acceptors (Lipinski definition) is 3. The lowest BCUT2D eigenvalue weighted by atomic mass is 9.88. The third-order valence-electron chi connectivity index (χ3n) is 4.44. The molecule has 0 radical (unpaired) electrons. The molecule has 1 saturated carbocycles. The molecular formula is C16H29N3. The Balaban J connectivity index is 2.05. The van der Waals surface area contributed by atoms with Crippen molar-refractivity contribution in [3.8, 4) is 6.07 Å². The van der Waals surface area contributed by atoms with Gasteiger partial charge in [0.1, 0.15) is 5.54 Å². The summed E-state index contributed by atoms with van der Waals surface area (Å²) in [6.45, 7) is 12.2. The maximum atomic E-state index is 9.76. The van der Waals surface area contributed by atoms with E-state index in [1.165, 1.54) is 19.3 Å². The molecule has 2 rings (SSSR count). The monoisotopic (exact) mass is 263 g/mol. The van der Waals surface area contributed by atoms with Crippen LogP contribution in [0.25, 0.3) is 0 Å². The minimum absolute atomic E-state index is 0.315. The summed E-state index contributed by atoms with van der Waals surface area (Å²) in [5.41, 5.74) is -0.315. The lowest BCUT2D eigenvalue weighted by Crippen LogP contribution is -2.58. The lowest BCUT2D eigenvalue weighted by molar-refractivity contribution is 0.106. The molecule has 3 unspecified atom stereocenters. The summed E-state index contributed by atoms with van der Waals surface area (Å²) in [7, 11) is 0. The maximum absolute atomic E-state index is 9.76. The Morgan fingerprint density at radius 3 is 2.26 bits per heavy atom. The van der Waals surface area contributed by atoms with E-state index in [1.54, 1.807) is 0 Å². The van der Waals surface area contributed by atoms with E-state index in [0.29, 0.717) is 12.0 Å². The van der Waals surface area contributed by atoms with Gasteiger partial charge in [-0.05, 0) is 50.9 Å². The van der Waals surface area contributed by atoms with Crippen LogP contribution in [0.1, 0.15) is 47.0 Å². The quantitative estimate of drug-likeness (QED) is 0.829. The molecule has 1 heterocycles. The van der Waals surface area contributed by atoms with E-state index in [4.69, 9.17) is 0 Å². The Morgan fingerprint density at radius 1 is 1.26 bits per heavy atom. The van der Waals surface area contributed by atoms with Crippen molar-refractivity contribution in [2.24, 2.45) is 17.8 Å². The topological polar surface area (TPSA) is 39.1 Å². The molecule has 19 heavy (non-hydrogen) atoms. The van der Waals surface area contributed by atoms with E-state index in [1.807, 2.05) is 0 Å². The highest BCUT2D eigenvalue weighted by Gasteiger charge is 2.47. The van der Waals surface area contributed by atoms with Gasteiger partial charge in [-0.3, -0.25) is 10.2 Å². The second-order valence-electron chi connectivity index (χ2n) is 7.30. The van der Waals surface area contributed by atoms with E-state index >= 15 is 0 Å². The van der Waals surface area contributed by atoms with Crippen molar-refractivity contribution in [1.29, 1.82) is 5.26 Å². The van der Waals surface area contributed by atoms with Crippen LogP contribution in [0.3, 0.4) is 0 Å². The predicted octanol–water partition coefficient (Wildman–Crippen LogP) is 2.63. The number of nitrogens with one attached hydrogen (secondary N) is 1. The van der Waals surface area contributed by atoms with Crippen LogP contribution < -0.4 is 5.32 Å². The van der Waals surface area contributed by atoms with Crippen LogP contribution in [0.4, 0.5) is 0 Å². The van der Waals surface area contributed by atoms with E-state index in [2.05, 4.69) is 44.0 Å². The van der Waals surface area contributed by atoms with Crippen molar-refractivity contribution in [1.82, 2.24) is 10.2 Å². The molecular weight excluding hydrogens is 234 g/mol. The normalized spacial score (nSPS) is 32.0. The van der Waals surface area contributed by atoms with Crippen LogP contribution in [-0.2, 0) is 0 Å². The average molecular weight is 263 g/mol. The summed E-state index contributed by atoms with van der Waals surface area (Å²) >= 11 is 0. The molecule has 2 aliphatic rings. The van der Waals surface area contributed by atoms with Crippen molar-refractivity contribution in [2.75, 3.05) is 19.6 Å². The highest BCUT2D eigenvalue weighted by molar-refractivity contribution is 5.17. The molecule has 0 spiro atoms. The molecule has 0 aromatic carbocycles. The highest BCUT2D eigenvalue weighted by Crippen LogP contribution is 2.40. The molecule has 0 amide bonds. The van der Waals surface area contributed by atoms with Crippen LogP contribution in [0.2, 0.25) is 0 Å². The summed E-state index contributed by atoms with van der Waals surface area (Å²) in [6, 6.07) is 3.01. The summed E-state index contributed by atoms with van der Waals surface area (Å²) in [5, 5.41) is 13.3. The fourth-order valence-corrected chi connectivity index (χ4v) is 3.82. The van der Waals surface area contributed by atoms with Gasteiger partial charge < -0.3 is 0 Å². The number of piperidine rings is 1. The van der Waals surface area contributed by atoms with Crippen molar-refractivity contribution < 1.29 is 0 Å². The molecule has 0 aromatic heterocycles. The van der Waals surface area contributed by atoms with Gasteiger partial charge in [-0.2, -0.15) is 5.26 Å². The van der Waals surface area contributed by atoms with E-state index in [9.17, 15) is 5.26 Å². The Bertz CT molecular complexity index is 332.